The highest BCUT2D eigenvalue weighted by atomic mass is 16.6. The topological polar surface area (TPSA) is 71.3 Å². The molecular formula is C14H22N4O2. The van der Waals surface area contributed by atoms with Crippen LogP contribution in [0.4, 0.5) is 17.3 Å². The maximum atomic E-state index is 11.2. The molecule has 1 aromatic heterocycles. The molecule has 20 heavy (non-hydrogen) atoms. The number of hydrogen-bond donors (Lipinski definition) is 1. The third kappa shape index (κ3) is 3.18. The van der Waals surface area contributed by atoms with Gasteiger partial charge in [0.2, 0.25) is 5.82 Å². The molecule has 1 aliphatic heterocycles. The Hall–Kier alpha value is -1.85. The summed E-state index contributed by atoms with van der Waals surface area (Å²) in [7, 11) is 0. The molecule has 2 heterocycles. The SMILES string of the molecule is CCCC1CCN(c2nc(NCC)ccc2[N+](=O)[O-])C1. The molecule has 1 aromatic rings. The summed E-state index contributed by atoms with van der Waals surface area (Å²) in [5, 5.41) is 14.3. The van der Waals surface area contributed by atoms with E-state index in [1.54, 1.807) is 12.1 Å². The van der Waals surface area contributed by atoms with Crippen molar-refractivity contribution >= 4 is 17.3 Å². The number of hydrogen-bond acceptors (Lipinski definition) is 5. The average Bonchev–Trinajstić information content (AvgIpc) is 2.88. The third-order valence-electron chi connectivity index (χ3n) is 3.69. The standard InChI is InChI=1S/C14H22N4O2/c1-3-5-11-8-9-17(10-11)14-12(18(19)20)6-7-13(16-14)15-4-2/h6-7,11H,3-5,8-10H2,1-2H3,(H,15,16). The first-order valence-corrected chi connectivity index (χ1v) is 7.30. The van der Waals surface area contributed by atoms with Gasteiger partial charge in [0.05, 0.1) is 4.92 Å². The van der Waals surface area contributed by atoms with Gasteiger partial charge in [0.1, 0.15) is 5.82 Å². The second-order valence-corrected chi connectivity index (χ2v) is 5.22. The Kier molecular flexibility index (Phi) is 4.76. The van der Waals surface area contributed by atoms with E-state index >= 15 is 0 Å². The zero-order valence-electron chi connectivity index (χ0n) is 12.1. The Bertz CT molecular complexity index is 478. The predicted octanol–water partition coefficient (Wildman–Crippen LogP) is 3.05. The molecule has 1 saturated heterocycles. The monoisotopic (exact) mass is 278 g/mol. The summed E-state index contributed by atoms with van der Waals surface area (Å²) < 4.78 is 0. The molecule has 0 radical (unpaired) electrons. The fraction of sp³-hybridized carbons (Fsp3) is 0.643. The van der Waals surface area contributed by atoms with Crippen LogP contribution in [-0.2, 0) is 0 Å². The number of pyridine rings is 1. The van der Waals surface area contributed by atoms with Gasteiger partial charge in [-0.3, -0.25) is 10.1 Å². The molecule has 0 amide bonds. The van der Waals surface area contributed by atoms with Gasteiger partial charge in [-0.15, -0.1) is 0 Å². The number of nitro groups is 1. The van der Waals surface area contributed by atoms with Crippen molar-refractivity contribution in [2.45, 2.75) is 33.1 Å². The van der Waals surface area contributed by atoms with Crippen LogP contribution >= 0.6 is 0 Å². The van der Waals surface area contributed by atoms with E-state index in [2.05, 4.69) is 22.1 Å². The molecule has 1 fully saturated rings. The third-order valence-corrected chi connectivity index (χ3v) is 3.69. The summed E-state index contributed by atoms with van der Waals surface area (Å²) >= 11 is 0. The lowest BCUT2D eigenvalue weighted by molar-refractivity contribution is -0.384. The molecule has 1 aliphatic rings. The van der Waals surface area contributed by atoms with Crippen molar-refractivity contribution < 1.29 is 4.92 Å². The Balaban J connectivity index is 2.24. The van der Waals surface area contributed by atoms with E-state index in [9.17, 15) is 10.1 Å². The minimum absolute atomic E-state index is 0.101. The van der Waals surface area contributed by atoms with E-state index in [0.29, 0.717) is 17.6 Å². The predicted molar refractivity (Wildman–Crippen MR) is 80.3 cm³/mol. The normalized spacial score (nSPS) is 18.3. The van der Waals surface area contributed by atoms with Gasteiger partial charge in [-0.05, 0) is 31.7 Å². The van der Waals surface area contributed by atoms with Crippen LogP contribution in [-0.4, -0.2) is 29.5 Å². The van der Waals surface area contributed by atoms with Crippen LogP contribution in [0.15, 0.2) is 12.1 Å². The Morgan fingerprint density at radius 3 is 2.95 bits per heavy atom. The summed E-state index contributed by atoms with van der Waals surface area (Å²) in [4.78, 5) is 17.3. The summed E-state index contributed by atoms with van der Waals surface area (Å²) in [6.07, 6.45) is 3.43. The van der Waals surface area contributed by atoms with E-state index in [0.717, 1.165) is 32.5 Å². The molecule has 6 nitrogen and oxygen atoms in total. The van der Waals surface area contributed by atoms with E-state index in [1.165, 1.54) is 6.42 Å². The number of rotatable bonds is 6. The zero-order chi connectivity index (χ0) is 14.5. The van der Waals surface area contributed by atoms with Crippen LogP contribution in [0.3, 0.4) is 0 Å². The first kappa shape index (κ1) is 14.6. The van der Waals surface area contributed by atoms with Gasteiger partial charge >= 0.3 is 5.69 Å². The molecule has 0 saturated carbocycles. The fourth-order valence-corrected chi connectivity index (χ4v) is 2.76. The number of aromatic nitrogens is 1. The molecule has 0 spiro atoms. The summed E-state index contributed by atoms with van der Waals surface area (Å²) in [6, 6.07) is 3.22. The van der Waals surface area contributed by atoms with Crippen molar-refractivity contribution in [2.75, 3.05) is 29.9 Å². The molecule has 1 N–H and O–H groups in total. The summed E-state index contributed by atoms with van der Waals surface area (Å²) in [5.41, 5.74) is 0.101. The second-order valence-electron chi connectivity index (χ2n) is 5.22. The van der Waals surface area contributed by atoms with Gasteiger partial charge < -0.3 is 10.2 Å². The Morgan fingerprint density at radius 2 is 2.30 bits per heavy atom. The molecule has 0 aromatic carbocycles. The molecular weight excluding hydrogens is 256 g/mol. The van der Waals surface area contributed by atoms with Crippen LogP contribution in [0.25, 0.3) is 0 Å². The number of nitrogens with zero attached hydrogens (tertiary/aromatic N) is 3. The number of anilines is 2. The van der Waals surface area contributed by atoms with Gasteiger partial charge in [0, 0.05) is 25.7 Å². The van der Waals surface area contributed by atoms with Crippen molar-refractivity contribution in [3.63, 3.8) is 0 Å². The van der Waals surface area contributed by atoms with Crippen LogP contribution in [0.5, 0.6) is 0 Å². The molecule has 1 unspecified atom stereocenters. The lowest BCUT2D eigenvalue weighted by Gasteiger charge is -2.18. The van der Waals surface area contributed by atoms with Crippen LogP contribution < -0.4 is 10.2 Å². The largest absolute Gasteiger partial charge is 0.370 e. The van der Waals surface area contributed by atoms with Crippen LogP contribution in [0.2, 0.25) is 0 Å². The quantitative estimate of drug-likeness (QED) is 0.639. The fourth-order valence-electron chi connectivity index (χ4n) is 2.76. The summed E-state index contributed by atoms with van der Waals surface area (Å²) in [5.74, 6) is 1.84. The van der Waals surface area contributed by atoms with Crippen molar-refractivity contribution in [1.82, 2.24) is 4.98 Å². The van der Waals surface area contributed by atoms with Crippen molar-refractivity contribution in [3.8, 4) is 0 Å². The highest BCUT2D eigenvalue weighted by Crippen LogP contribution is 2.32. The molecule has 1 atom stereocenters. The van der Waals surface area contributed by atoms with E-state index in [1.807, 2.05) is 6.92 Å². The van der Waals surface area contributed by atoms with Gasteiger partial charge in [-0.1, -0.05) is 13.3 Å². The minimum Gasteiger partial charge on any atom is -0.370 e. The first-order valence-electron chi connectivity index (χ1n) is 7.30. The smallest absolute Gasteiger partial charge is 0.311 e. The molecule has 2 rings (SSSR count). The molecule has 0 bridgehead atoms. The second kappa shape index (κ2) is 6.54. The van der Waals surface area contributed by atoms with Crippen LogP contribution in [0.1, 0.15) is 33.1 Å². The highest BCUT2D eigenvalue weighted by molar-refractivity contribution is 5.62. The van der Waals surface area contributed by atoms with Gasteiger partial charge in [-0.25, -0.2) is 4.98 Å². The molecule has 0 aliphatic carbocycles. The van der Waals surface area contributed by atoms with Crippen molar-refractivity contribution in [2.24, 2.45) is 5.92 Å². The maximum absolute atomic E-state index is 11.2. The lowest BCUT2D eigenvalue weighted by Crippen LogP contribution is -2.22. The maximum Gasteiger partial charge on any atom is 0.311 e. The van der Waals surface area contributed by atoms with Gasteiger partial charge in [0.15, 0.2) is 0 Å². The van der Waals surface area contributed by atoms with E-state index in [4.69, 9.17) is 0 Å². The van der Waals surface area contributed by atoms with Crippen molar-refractivity contribution in [1.29, 1.82) is 0 Å². The van der Waals surface area contributed by atoms with Gasteiger partial charge in [-0.2, -0.15) is 0 Å². The van der Waals surface area contributed by atoms with Crippen molar-refractivity contribution in [3.05, 3.63) is 22.2 Å². The van der Waals surface area contributed by atoms with Gasteiger partial charge in [0.25, 0.3) is 0 Å². The van der Waals surface area contributed by atoms with Crippen LogP contribution in [0, 0.1) is 16.0 Å². The minimum atomic E-state index is -0.342. The summed E-state index contributed by atoms with van der Waals surface area (Å²) in [6.45, 7) is 6.64. The zero-order valence-corrected chi connectivity index (χ0v) is 12.1. The molecule has 110 valence electrons. The number of nitrogens with one attached hydrogen (secondary N) is 1. The lowest BCUT2D eigenvalue weighted by atomic mass is 10.0. The first-order chi connectivity index (χ1) is 9.65. The van der Waals surface area contributed by atoms with E-state index in [-0.39, 0.29) is 10.6 Å². The highest BCUT2D eigenvalue weighted by Gasteiger charge is 2.28. The average molecular weight is 278 g/mol. The molecule has 6 heteroatoms. The Labute approximate surface area is 119 Å². The Morgan fingerprint density at radius 1 is 1.50 bits per heavy atom. The van der Waals surface area contributed by atoms with E-state index < -0.39 is 0 Å².